The number of ether oxygens (including phenoxy) is 2. The quantitative estimate of drug-likeness (QED) is 0.586. The lowest BCUT2D eigenvalue weighted by molar-refractivity contribution is -0.131. The van der Waals surface area contributed by atoms with Crippen LogP contribution in [0, 0.1) is 13.8 Å². The summed E-state index contributed by atoms with van der Waals surface area (Å²) in [6.07, 6.45) is 1.33. The van der Waals surface area contributed by atoms with Crippen LogP contribution in [0.25, 0.3) is 0 Å². The molecule has 2 rings (SSSR count). The van der Waals surface area contributed by atoms with E-state index < -0.39 is 0 Å². The van der Waals surface area contributed by atoms with Gasteiger partial charge in [0.1, 0.15) is 17.4 Å². The molecule has 1 aromatic heterocycles. The highest BCUT2D eigenvalue weighted by Crippen LogP contribution is 2.22. The van der Waals surface area contributed by atoms with Crippen molar-refractivity contribution in [3.8, 4) is 5.75 Å². The Bertz CT molecular complexity index is 715. The van der Waals surface area contributed by atoms with Crippen molar-refractivity contribution in [2.24, 2.45) is 0 Å². The molecule has 2 aromatic rings. The Morgan fingerprint density at radius 3 is 2.85 bits per heavy atom. The highest BCUT2D eigenvalue weighted by atomic mass is 32.1. The lowest BCUT2D eigenvalue weighted by Gasteiger charge is -2.21. The molecular weight excluding hydrogens is 348 g/mol. The number of nitrogens with zero attached hydrogens (tertiary/aromatic N) is 2. The minimum Gasteiger partial charge on any atom is -0.486 e. The third-order valence-corrected chi connectivity index (χ3v) is 5.16. The largest absolute Gasteiger partial charge is 0.486 e. The molecule has 0 fully saturated rings. The van der Waals surface area contributed by atoms with Crippen LogP contribution < -0.4 is 4.74 Å². The van der Waals surface area contributed by atoms with E-state index in [1.807, 2.05) is 29.3 Å². The fourth-order valence-corrected chi connectivity index (χ4v) is 3.31. The number of methoxy groups -OCH3 is 1. The SMILES string of the molecule is CCC(=O)N(CCCOC)Cc1csc(COc2cccc(C)c2C)n1. The zero-order valence-corrected chi connectivity index (χ0v) is 16.9. The molecule has 0 aliphatic carbocycles. The van der Waals surface area contributed by atoms with E-state index >= 15 is 0 Å². The number of amides is 1. The van der Waals surface area contributed by atoms with E-state index in [9.17, 15) is 4.79 Å². The Labute approximate surface area is 160 Å². The number of thiazole rings is 1. The molecule has 1 heterocycles. The van der Waals surface area contributed by atoms with Crippen LogP contribution >= 0.6 is 11.3 Å². The first-order valence-corrected chi connectivity index (χ1v) is 9.82. The van der Waals surface area contributed by atoms with Crippen LogP contribution in [0.2, 0.25) is 0 Å². The normalized spacial score (nSPS) is 10.8. The Balaban J connectivity index is 1.94. The summed E-state index contributed by atoms with van der Waals surface area (Å²) in [5.74, 6) is 1.03. The first-order chi connectivity index (χ1) is 12.5. The zero-order chi connectivity index (χ0) is 18.9. The fraction of sp³-hybridized carbons (Fsp3) is 0.500. The number of carbonyl (C=O) groups excluding carboxylic acids is 1. The van der Waals surface area contributed by atoms with Gasteiger partial charge < -0.3 is 14.4 Å². The predicted octanol–water partition coefficient (Wildman–Crippen LogP) is 4.11. The molecule has 0 saturated carbocycles. The van der Waals surface area contributed by atoms with Crippen LogP contribution in [-0.4, -0.2) is 36.1 Å². The van der Waals surface area contributed by atoms with Crippen molar-refractivity contribution in [2.45, 2.75) is 46.8 Å². The van der Waals surface area contributed by atoms with Gasteiger partial charge in [0, 0.05) is 32.1 Å². The van der Waals surface area contributed by atoms with Crippen molar-refractivity contribution >= 4 is 17.2 Å². The molecule has 0 atom stereocenters. The van der Waals surface area contributed by atoms with E-state index in [4.69, 9.17) is 9.47 Å². The molecule has 1 amide bonds. The highest BCUT2D eigenvalue weighted by Gasteiger charge is 2.14. The molecule has 0 spiro atoms. The van der Waals surface area contributed by atoms with Crippen molar-refractivity contribution in [1.82, 2.24) is 9.88 Å². The molecule has 0 aliphatic heterocycles. The molecule has 26 heavy (non-hydrogen) atoms. The molecule has 5 nitrogen and oxygen atoms in total. The minimum atomic E-state index is 0.141. The first kappa shape index (κ1) is 20.4. The fourth-order valence-electron chi connectivity index (χ4n) is 2.62. The van der Waals surface area contributed by atoms with E-state index in [0.717, 1.165) is 28.4 Å². The van der Waals surface area contributed by atoms with Gasteiger partial charge in [0.15, 0.2) is 0 Å². The molecule has 0 N–H and O–H groups in total. The summed E-state index contributed by atoms with van der Waals surface area (Å²) in [6.45, 7) is 8.34. The number of rotatable bonds is 10. The predicted molar refractivity (Wildman–Crippen MR) is 105 cm³/mol. The third kappa shape index (κ3) is 5.81. The lowest BCUT2D eigenvalue weighted by Crippen LogP contribution is -2.31. The van der Waals surface area contributed by atoms with Gasteiger partial charge in [-0.15, -0.1) is 11.3 Å². The van der Waals surface area contributed by atoms with Crippen molar-refractivity contribution < 1.29 is 14.3 Å². The Hall–Kier alpha value is -1.92. The van der Waals surface area contributed by atoms with Crippen LogP contribution in [0.3, 0.4) is 0 Å². The number of hydrogen-bond acceptors (Lipinski definition) is 5. The van der Waals surface area contributed by atoms with Crippen molar-refractivity contribution in [1.29, 1.82) is 0 Å². The van der Waals surface area contributed by atoms with Gasteiger partial charge in [0.05, 0.1) is 12.2 Å². The second-order valence-electron chi connectivity index (χ2n) is 6.23. The Kier molecular flexibility index (Phi) is 8.06. The summed E-state index contributed by atoms with van der Waals surface area (Å²) < 4.78 is 11.0. The van der Waals surface area contributed by atoms with E-state index in [1.165, 1.54) is 5.56 Å². The molecule has 0 unspecified atom stereocenters. The Morgan fingerprint density at radius 1 is 1.31 bits per heavy atom. The monoisotopic (exact) mass is 376 g/mol. The molecule has 142 valence electrons. The smallest absolute Gasteiger partial charge is 0.222 e. The van der Waals surface area contributed by atoms with Gasteiger partial charge in [-0.05, 0) is 37.5 Å². The van der Waals surface area contributed by atoms with Gasteiger partial charge >= 0.3 is 0 Å². The topological polar surface area (TPSA) is 51.7 Å². The molecular formula is C20H28N2O3S. The Morgan fingerprint density at radius 2 is 2.12 bits per heavy atom. The number of aryl methyl sites for hydroxylation is 1. The van der Waals surface area contributed by atoms with Gasteiger partial charge in [-0.3, -0.25) is 4.79 Å². The maximum atomic E-state index is 12.1. The van der Waals surface area contributed by atoms with Crippen molar-refractivity contribution in [3.63, 3.8) is 0 Å². The second-order valence-corrected chi connectivity index (χ2v) is 7.18. The van der Waals surface area contributed by atoms with Gasteiger partial charge in [0.2, 0.25) is 5.91 Å². The van der Waals surface area contributed by atoms with E-state index in [0.29, 0.717) is 32.7 Å². The summed E-state index contributed by atoms with van der Waals surface area (Å²) in [7, 11) is 1.68. The van der Waals surface area contributed by atoms with Gasteiger partial charge in [-0.2, -0.15) is 0 Å². The summed E-state index contributed by atoms with van der Waals surface area (Å²) in [5.41, 5.74) is 3.28. The number of hydrogen-bond donors (Lipinski definition) is 0. The van der Waals surface area contributed by atoms with Crippen LogP contribution in [0.15, 0.2) is 23.6 Å². The average Bonchev–Trinajstić information content (AvgIpc) is 3.09. The maximum absolute atomic E-state index is 12.1. The average molecular weight is 377 g/mol. The summed E-state index contributed by atoms with van der Waals surface area (Å²) in [6, 6.07) is 6.06. The standard InChI is InChI=1S/C20H28N2O3S/c1-5-20(23)22(10-7-11-24-4)12-17-14-26-19(21-17)13-25-18-9-6-8-15(2)16(18)3/h6,8-9,14H,5,7,10-13H2,1-4H3. The summed E-state index contributed by atoms with van der Waals surface area (Å²) >= 11 is 1.57. The minimum absolute atomic E-state index is 0.141. The van der Waals surface area contributed by atoms with E-state index in [-0.39, 0.29) is 5.91 Å². The zero-order valence-electron chi connectivity index (χ0n) is 16.1. The van der Waals surface area contributed by atoms with Gasteiger partial charge in [0.25, 0.3) is 0 Å². The lowest BCUT2D eigenvalue weighted by atomic mass is 10.1. The van der Waals surface area contributed by atoms with E-state index in [1.54, 1.807) is 18.4 Å². The molecule has 1 aromatic carbocycles. The van der Waals surface area contributed by atoms with Gasteiger partial charge in [-0.1, -0.05) is 19.1 Å². The number of aromatic nitrogens is 1. The molecule has 6 heteroatoms. The van der Waals surface area contributed by atoms with Crippen LogP contribution in [0.1, 0.15) is 41.6 Å². The van der Waals surface area contributed by atoms with Crippen LogP contribution in [0.4, 0.5) is 0 Å². The van der Waals surface area contributed by atoms with Gasteiger partial charge in [-0.25, -0.2) is 4.98 Å². The molecule has 0 aliphatic rings. The van der Waals surface area contributed by atoms with Crippen molar-refractivity contribution in [2.75, 3.05) is 20.3 Å². The van der Waals surface area contributed by atoms with Crippen LogP contribution in [-0.2, 0) is 22.7 Å². The van der Waals surface area contributed by atoms with Crippen molar-refractivity contribution in [3.05, 3.63) is 45.4 Å². The maximum Gasteiger partial charge on any atom is 0.222 e. The second kappa shape index (κ2) is 10.3. The number of benzene rings is 1. The molecule has 0 saturated heterocycles. The van der Waals surface area contributed by atoms with E-state index in [2.05, 4.69) is 24.9 Å². The highest BCUT2D eigenvalue weighted by molar-refractivity contribution is 7.09. The van der Waals surface area contributed by atoms with Crippen LogP contribution in [0.5, 0.6) is 5.75 Å². The first-order valence-electron chi connectivity index (χ1n) is 8.94. The summed E-state index contributed by atoms with van der Waals surface area (Å²) in [5, 5.41) is 2.93. The molecule has 0 bridgehead atoms. The number of carbonyl (C=O) groups is 1. The molecule has 0 radical (unpaired) electrons. The third-order valence-electron chi connectivity index (χ3n) is 4.29. The summed E-state index contributed by atoms with van der Waals surface area (Å²) in [4.78, 5) is 18.6.